The molecule has 0 saturated heterocycles. The number of carbonyl (C=O) groups is 1. The van der Waals surface area contributed by atoms with Gasteiger partial charge in [0.25, 0.3) is 0 Å². The largest absolute Gasteiger partial charge is 0.298 e. The summed E-state index contributed by atoms with van der Waals surface area (Å²) in [6.07, 6.45) is 0.928. The third-order valence-electron chi connectivity index (χ3n) is 3.16. The Morgan fingerprint density at radius 3 is 2.41 bits per heavy atom. The van der Waals surface area contributed by atoms with Crippen LogP contribution in [0.15, 0.2) is 24.3 Å². The van der Waals surface area contributed by atoms with E-state index in [1.807, 2.05) is 14.0 Å². The fourth-order valence-electron chi connectivity index (χ4n) is 1.71. The van der Waals surface area contributed by atoms with Crippen molar-refractivity contribution in [1.82, 2.24) is 4.90 Å². The molecule has 17 heavy (non-hydrogen) atoms. The van der Waals surface area contributed by atoms with Gasteiger partial charge >= 0.3 is 0 Å². The zero-order valence-corrected chi connectivity index (χ0v) is 11.4. The summed E-state index contributed by atoms with van der Waals surface area (Å²) in [6.45, 7) is 7.52. The van der Waals surface area contributed by atoms with Gasteiger partial charge in [0.05, 0.1) is 6.54 Å². The lowest BCUT2D eigenvalue weighted by Crippen LogP contribution is -2.28. The molecule has 0 saturated carbocycles. The zero-order valence-electron chi connectivity index (χ0n) is 11.4. The first kappa shape index (κ1) is 13.9. The molecule has 0 aromatic heterocycles. The summed E-state index contributed by atoms with van der Waals surface area (Å²) >= 11 is 0. The Morgan fingerprint density at radius 2 is 1.88 bits per heavy atom. The van der Waals surface area contributed by atoms with E-state index < -0.39 is 0 Å². The molecule has 0 heterocycles. The standard InChI is InChI=1S/C15H23NO/c1-5-13(3)15(17)11-16(4)10-14-8-6-12(2)7-9-14/h6-9,13H,5,10-11H2,1-4H3. The van der Waals surface area contributed by atoms with Crippen LogP contribution in [-0.2, 0) is 11.3 Å². The van der Waals surface area contributed by atoms with Crippen LogP contribution >= 0.6 is 0 Å². The Kier molecular flexibility index (Phi) is 5.36. The van der Waals surface area contributed by atoms with E-state index in [1.165, 1.54) is 11.1 Å². The molecule has 0 radical (unpaired) electrons. The molecule has 2 heteroatoms. The molecule has 1 unspecified atom stereocenters. The summed E-state index contributed by atoms with van der Waals surface area (Å²) in [4.78, 5) is 13.9. The van der Waals surface area contributed by atoms with Crippen molar-refractivity contribution in [2.45, 2.75) is 33.7 Å². The van der Waals surface area contributed by atoms with Crippen molar-refractivity contribution in [3.63, 3.8) is 0 Å². The molecule has 0 fully saturated rings. The number of hydrogen-bond acceptors (Lipinski definition) is 2. The highest BCUT2D eigenvalue weighted by molar-refractivity contribution is 5.82. The highest BCUT2D eigenvalue weighted by Crippen LogP contribution is 2.08. The normalized spacial score (nSPS) is 12.8. The highest BCUT2D eigenvalue weighted by atomic mass is 16.1. The van der Waals surface area contributed by atoms with Gasteiger partial charge in [0.15, 0.2) is 0 Å². The van der Waals surface area contributed by atoms with Crippen molar-refractivity contribution < 1.29 is 4.79 Å². The SMILES string of the molecule is CCC(C)C(=O)CN(C)Cc1ccc(C)cc1. The van der Waals surface area contributed by atoms with Gasteiger partial charge in [-0.15, -0.1) is 0 Å². The van der Waals surface area contributed by atoms with Crippen LogP contribution in [0, 0.1) is 12.8 Å². The third kappa shape index (κ3) is 4.70. The van der Waals surface area contributed by atoms with E-state index in [4.69, 9.17) is 0 Å². The summed E-state index contributed by atoms with van der Waals surface area (Å²) in [5.74, 6) is 0.512. The van der Waals surface area contributed by atoms with Gasteiger partial charge in [-0.05, 0) is 26.0 Å². The van der Waals surface area contributed by atoms with E-state index in [-0.39, 0.29) is 5.92 Å². The zero-order chi connectivity index (χ0) is 12.8. The first-order valence-electron chi connectivity index (χ1n) is 6.29. The molecule has 1 aromatic carbocycles. The molecular formula is C15H23NO. The Morgan fingerprint density at radius 1 is 1.29 bits per heavy atom. The summed E-state index contributed by atoms with van der Waals surface area (Å²) in [6, 6.07) is 8.47. The van der Waals surface area contributed by atoms with Crippen molar-refractivity contribution in [3.8, 4) is 0 Å². The number of Topliss-reactive ketones (excluding diaryl/α,β-unsaturated/α-hetero) is 1. The van der Waals surface area contributed by atoms with Crippen molar-refractivity contribution in [2.75, 3.05) is 13.6 Å². The molecule has 1 atom stereocenters. The molecular weight excluding hydrogens is 210 g/mol. The minimum absolute atomic E-state index is 0.176. The van der Waals surface area contributed by atoms with E-state index in [1.54, 1.807) is 0 Å². The lowest BCUT2D eigenvalue weighted by Gasteiger charge is -2.18. The molecule has 2 nitrogen and oxygen atoms in total. The summed E-state index contributed by atoms with van der Waals surface area (Å²) in [5, 5.41) is 0. The Balaban J connectivity index is 2.47. The number of likely N-dealkylation sites (N-methyl/N-ethyl adjacent to an activating group) is 1. The number of ketones is 1. The predicted octanol–water partition coefficient (Wildman–Crippen LogP) is 3.04. The number of hydrogen-bond donors (Lipinski definition) is 0. The van der Waals surface area contributed by atoms with Crippen molar-refractivity contribution in [3.05, 3.63) is 35.4 Å². The van der Waals surface area contributed by atoms with Gasteiger partial charge in [0.1, 0.15) is 5.78 Å². The van der Waals surface area contributed by atoms with Crippen LogP contribution in [0.5, 0.6) is 0 Å². The second kappa shape index (κ2) is 6.55. The smallest absolute Gasteiger partial charge is 0.149 e. The van der Waals surface area contributed by atoms with E-state index in [0.29, 0.717) is 12.3 Å². The molecule has 0 N–H and O–H groups in total. The van der Waals surface area contributed by atoms with Gasteiger partial charge in [0, 0.05) is 12.5 Å². The van der Waals surface area contributed by atoms with Crippen molar-refractivity contribution >= 4 is 5.78 Å². The quantitative estimate of drug-likeness (QED) is 0.752. The molecule has 94 valence electrons. The van der Waals surface area contributed by atoms with Gasteiger partial charge in [-0.3, -0.25) is 9.69 Å². The molecule has 0 amide bonds. The van der Waals surface area contributed by atoms with E-state index >= 15 is 0 Å². The lowest BCUT2D eigenvalue weighted by atomic mass is 10.0. The van der Waals surface area contributed by atoms with Crippen LogP contribution in [0.1, 0.15) is 31.4 Å². The topological polar surface area (TPSA) is 20.3 Å². The minimum atomic E-state index is 0.176. The highest BCUT2D eigenvalue weighted by Gasteiger charge is 2.12. The number of benzene rings is 1. The molecule has 0 aliphatic heterocycles. The van der Waals surface area contributed by atoms with Crippen LogP contribution in [-0.4, -0.2) is 24.3 Å². The monoisotopic (exact) mass is 233 g/mol. The van der Waals surface area contributed by atoms with Crippen molar-refractivity contribution in [1.29, 1.82) is 0 Å². The van der Waals surface area contributed by atoms with Gasteiger partial charge in [-0.1, -0.05) is 43.7 Å². The average Bonchev–Trinajstić information content (AvgIpc) is 2.30. The van der Waals surface area contributed by atoms with Crippen LogP contribution < -0.4 is 0 Å². The van der Waals surface area contributed by atoms with Gasteiger partial charge in [-0.25, -0.2) is 0 Å². The summed E-state index contributed by atoms with van der Waals surface area (Å²) in [7, 11) is 2.00. The lowest BCUT2D eigenvalue weighted by molar-refractivity contribution is -0.123. The second-order valence-electron chi connectivity index (χ2n) is 4.93. The maximum Gasteiger partial charge on any atom is 0.149 e. The fraction of sp³-hybridized carbons (Fsp3) is 0.533. The van der Waals surface area contributed by atoms with Gasteiger partial charge in [-0.2, -0.15) is 0 Å². The molecule has 0 spiro atoms. The van der Waals surface area contributed by atoms with Gasteiger partial charge in [0.2, 0.25) is 0 Å². The Hall–Kier alpha value is -1.15. The van der Waals surface area contributed by atoms with E-state index in [9.17, 15) is 4.79 Å². The van der Waals surface area contributed by atoms with E-state index in [2.05, 4.69) is 43.0 Å². The maximum absolute atomic E-state index is 11.8. The first-order chi connectivity index (χ1) is 8.02. The van der Waals surface area contributed by atoms with E-state index in [0.717, 1.165) is 13.0 Å². The molecule has 1 rings (SSSR count). The van der Waals surface area contributed by atoms with Gasteiger partial charge < -0.3 is 0 Å². The summed E-state index contributed by atoms with van der Waals surface area (Å²) in [5.41, 5.74) is 2.53. The van der Waals surface area contributed by atoms with Crippen LogP contribution in [0.25, 0.3) is 0 Å². The summed E-state index contributed by atoms with van der Waals surface area (Å²) < 4.78 is 0. The second-order valence-corrected chi connectivity index (χ2v) is 4.93. The van der Waals surface area contributed by atoms with Crippen LogP contribution in [0.4, 0.5) is 0 Å². The molecule has 1 aromatic rings. The van der Waals surface area contributed by atoms with Crippen molar-refractivity contribution in [2.24, 2.45) is 5.92 Å². The van der Waals surface area contributed by atoms with Crippen LogP contribution in [0.3, 0.4) is 0 Å². The number of nitrogens with zero attached hydrogens (tertiary/aromatic N) is 1. The average molecular weight is 233 g/mol. The Labute approximate surface area is 105 Å². The maximum atomic E-state index is 11.8. The number of aryl methyl sites for hydroxylation is 1. The molecule has 0 aliphatic rings. The number of rotatable bonds is 6. The van der Waals surface area contributed by atoms with Crippen LogP contribution in [0.2, 0.25) is 0 Å². The first-order valence-corrected chi connectivity index (χ1v) is 6.29. The molecule has 0 aliphatic carbocycles. The Bertz CT molecular complexity index is 356. The minimum Gasteiger partial charge on any atom is -0.298 e. The predicted molar refractivity (Wildman–Crippen MR) is 72.0 cm³/mol. The fourth-order valence-corrected chi connectivity index (χ4v) is 1.71. The molecule has 0 bridgehead atoms. The number of carbonyl (C=O) groups excluding carboxylic acids is 1. The third-order valence-corrected chi connectivity index (χ3v) is 3.16.